The van der Waals surface area contributed by atoms with E-state index in [0.29, 0.717) is 0 Å². The summed E-state index contributed by atoms with van der Waals surface area (Å²) in [6.07, 6.45) is -0.286. The Balaban J connectivity index is 1.66. The molecule has 0 spiro atoms. The molecule has 1 atom stereocenters. The quantitative estimate of drug-likeness (QED) is 0.874. The van der Waals surface area contributed by atoms with Crippen molar-refractivity contribution in [2.24, 2.45) is 0 Å². The summed E-state index contributed by atoms with van der Waals surface area (Å²) in [5.41, 5.74) is 1.13. The van der Waals surface area contributed by atoms with Crippen LogP contribution in [0.1, 0.15) is 5.56 Å². The maximum absolute atomic E-state index is 10.0. The number of β-amino-alcohol motifs (C(OH)–C–C–N with tert-alkyl or cyclic N) is 1. The molecule has 1 saturated heterocycles. The lowest BCUT2D eigenvalue weighted by atomic mass is 10.2. The molecular weight excluding hydrogens is 282 g/mol. The highest BCUT2D eigenvalue weighted by molar-refractivity contribution is 7.98. The van der Waals surface area contributed by atoms with Crippen LogP contribution in [-0.4, -0.2) is 54.7 Å². The van der Waals surface area contributed by atoms with E-state index < -0.39 is 0 Å². The first-order valence-electron chi connectivity index (χ1n) is 6.55. The van der Waals surface area contributed by atoms with Gasteiger partial charge in [0.05, 0.1) is 19.3 Å². The van der Waals surface area contributed by atoms with Crippen LogP contribution >= 0.6 is 23.4 Å². The Morgan fingerprint density at radius 3 is 2.79 bits per heavy atom. The molecular formula is C14H20ClNO2S. The molecule has 2 rings (SSSR count). The molecule has 3 nitrogen and oxygen atoms in total. The number of hydrogen-bond donors (Lipinski definition) is 1. The van der Waals surface area contributed by atoms with Gasteiger partial charge in [0.1, 0.15) is 0 Å². The molecule has 0 amide bonds. The lowest BCUT2D eigenvalue weighted by Crippen LogP contribution is -2.41. The van der Waals surface area contributed by atoms with Crippen LogP contribution in [0.5, 0.6) is 0 Å². The van der Waals surface area contributed by atoms with Gasteiger partial charge in [-0.2, -0.15) is 11.8 Å². The molecule has 1 N–H and O–H groups in total. The Bertz CT molecular complexity index is 385. The maximum atomic E-state index is 10.0. The van der Waals surface area contributed by atoms with Gasteiger partial charge in [-0.25, -0.2) is 0 Å². The molecule has 1 aliphatic rings. The van der Waals surface area contributed by atoms with Gasteiger partial charge in [0.15, 0.2) is 0 Å². The highest BCUT2D eigenvalue weighted by Gasteiger charge is 2.14. The van der Waals surface area contributed by atoms with Crippen LogP contribution in [0.4, 0.5) is 0 Å². The zero-order chi connectivity index (χ0) is 13.5. The number of halogens is 1. The molecule has 106 valence electrons. The number of nitrogens with zero attached hydrogens (tertiary/aromatic N) is 1. The fourth-order valence-electron chi connectivity index (χ4n) is 2.05. The van der Waals surface area contributed by atoms with Gasteiger partial charge in [0, 0.05) is 36.2 Å². The summed E-state index contributed by atoms with van der Waals surface area (Å²) in [4.78, 5) is 2.25. The highest BCUT2D eigenvalue weighted by Crippen LogP contribution is 2.21. The van der Waals surface area contributed by atoms with Crippen molar-refractivity contribution >= 4 is 23.4 Å². The summed E-state index contributed by atoms with van der Waals surface area (Å²) >= 11 is 7.82. The topological polar surface area (TPSA) is 32.7 Å². The SMILES string of the molecule is OC(CSCc1ccccc1Cl)CN1CCOCC1. The Kier molecular flexibility index (Phi) is 6.47. The number of morpholine rings is 1. The fraction of sp³-hybridized carbons (Fsp3) is 0.571. The lowest BCUT2D eigenvalue weighted by molar-refractivity contribution is 0.0188. The van der Waals surface area contributed by atoms with E-state index in [2.05, 4.69) is 4.90 Å². The first-order valence-corrected chi connectivity index (χ1v) is 8.08. The van der Waals surface area contributed by atoms with Crippen LogP contribution in [0, 0.1) is 0 Å². The number of benzene rings is 1. The summed E-state index contributed by atoms with van der Waals surface area (Å²) in [5.74, 6) is 1.59. The van der Waals surface area contributed by atoms with Crippen LogP contribution in [0.15, 0.2) is 24.3 Å². The minimum Gasteiger partial charge on any atom is -0.391 e. The summed E-state index contributed by atoms with van der Waals surface area (Å²) in [6, 6.07) is 7.86. The van der Waals surface area contributed by atoms with E-state index in [1.807, 2.05) is 24.3 Å². The van der Waals surface area contributed by atoms with Crippen molar-refractivity contribution in [3.63, 3.8) is 0 Å². The third-order valence-corrected chi connectivity index (χ3v) is 4.60. The second kappa shape index (κ2) is 8.12. The first-order chi connectivity index (χ1) is 9.25. The summed E-state index contributed by atoms with van der Waals surface area (Å²) < 4.78 is 5.29. The summed E-state index contributed by atoms with van der Waals surface area (Å²) in [7, 11) is 0. The number of rotatable bonds is 6. The van der Waals surface area contributed by atoms with Crippen molar-refractivity contribution in [1.82, 2.24) is 4.90 Å². The predicted molar refractivity (Wildman–Crippen MR) is 80.9 cm³/mol. The number of thioether (sulfide) groups is 1. The Hall–Kier alpha value is -0.260. The maximum Gasteiger partial charge on any atom is 0.0757 e. The molecule has 5 heteroatoms. The lowest BCUT2D eigenvalue weighted by Gasteiger charge is -2.28. The molecule has 0 saturated carbocycles. The highest BCUT2D eigenvalue weighted by atomic mass is 35.5. The zero-order valence-electron chi connectivity index (χ0n) is 10.9. The molecule has 0 radical (unpaired) electrons. The van der Waals surface area contributed by atoms with Crippen molar-refractivity contribution < 1.29 is 9.84 Å². The van der Waals surface area contributed by atoms with Crippen LogP contribution < -0.4 is 0 Å². The van der Waals surface area contributed by atoms with Crippen molar-refractivity contribution in [2.75, 3.05) is 38.6 Å². The van der Waals surface area contributed by atoms with Gasteiger partial charge >= 0.3 is 0 Å². The Labute approximate surface area is 123 Å². The van der Waals surface area contributed by atoms with E-state index in [0.717, 1.165) is 54.9 Å². The van der Waals surface area contributed by atoms with Gasteiger partial charge in [-0.15, -0.1) is 0 Å². The number of aliphatic hydroxyl groups excluding tert-OH is 1. The van der Waals surface area contributed by atoms with Crippen LogP contribution in [0.3, 0.4) is 0 Å². The standard InChI is InChI=1S/C14H20ClNO2S/c15-14-4-2-1-3-12(14)10-19-11-13(17)9-16-5-7-18-8-6-16/h1-4,13,17H,5-11H2. The summed E-state index contributed by atoms with van der Waals surface area (Å²) in [5, 5.41) is 10.8. The number of ether oxygens (including phenoxy) is 1. The van der Waals surface area contributed by atoms with E-state index in [1.54, 1.807) is 11.8 Å². The number of hydrogen-bond acceptors (Lipinski definition) is 4. The third-order valence-electron chi connectivity index (χ3n) is 3.10. The minimum atomic E-state index is -0.286. The van der Waals surface area contributed by atoms with E-state index >= 15 is 0 Å². The molecule has 0 aromatic heterocycles. The average Bonchev–Trinajstić information content (AvgIpc) is 2.42. The van der Waals surface area contributed by atoms with Crippen LogP contribution in [0.2, 0.25) is 5.02 Å². The molecule has 1 unspecified atom stereocenters. The molecule has 1 aromatic carbocycles. The average molecular weight is 302 g/mol. The zero-order valence-corrected chi connectivity index (χ0v) is 12.5. The van der Waals surface area contributed by atoms with Gasteiger partial charge < -0.3 is 9.84 Å². The van der Waals surface area contributed by atoms with Gasteiger partial charge in [-0.3, -0.25) is 4.90 Å². The minimum absolute atomic E-state index is 0.286. The van der Waals surface area contributed by atoms with Gasteiger partial charge in [-0.1, -0.05) is 29.8 Å². The Morgan fingerprint density at radius 2 is 2.05 bits per heavy atom. The molecule has 0 aliphatic carbocycles. The van der Waals surface area contributed by atoms with Gasteiger partial charge in [0.25, 0.3) is 0 Å². The molecule has 19 heavy (non-hydrogen) atoms. The van der Waals surface area contributed by atoms with Gasteiger partial charge in [0.2, 0.25) is 0 Å². The molecule has 1 aliphatic heterocycles. The fourth-order valence-corrected chi connectivity index (χ4v) is 3.30. The van der Waals surface area contributed by atoms with Crippen LogP contribution in [-0.2, 0) is 10.5 Å². The summed E-state index contributed by atoms with van der Waals surface area (Å²) in [6.45, 7) is 4.14. The normalized spacial score (nSPS) is 18.4. The van der Waals surface area contributed by atoms with Crippen molar-refractivity contribution in [3.05, 3.63) is 34.9 Å². The largest absolute Gasteiger partial charge is 0.391 e. The molecule has 1 aromatic rings. The molecule has 1 fully saturated rings. The van der Waals surface area contributed by atoms with Crippen LogP contribution in [0.25, 0.3) is 0 Å². The second-order valence-electron chi connectivity index (χ2n) is 4.67. The number of aliphatic hydroxyl groups is 1. The second-order valence-corrected chi connectivity index (χ2v) is 6.11. The van der Waals surface area contributed by atoms with Crippen molar-refractivity contribution in [3.8, 4) is 0 Å². The van der Waals surface area contributed by atoms with Gasteiger partial charge in [-0.05, 0) is 11.6 Å². The Morgan fingerprint density at radius 1 is 1.32 bits per heavy atom. The third kappa shape index (κ3) is 5.32. The molecule has 0 bridgehead atoms. The van der Waals surface area contributed by atoms with E-state index in [-0.39, 0.29) is 6.10 Å². The van der Waals surface area contributed by atoms with E-state index in [9.17, 15) is 5.11 Å². The van der Waals surface area contributed by atoms with Crippen molar-refractivity contribution in [2.45, 2.75) is 11.9 Å². The first kappa shape index (κ1) is 15.1. The monoisotopic (exact) mass is 301 g/mol. The van der Waals surface area contributed by atoms with E-state index in [4.69, 9.17) is 16.3 Å². The van der Waals surface area contributed by atoms with E-state index in [1.165, 1.54) is 0 Å². The predicted octanol–water partition coefficient (Wildman–Crippen LogP) is 2.27. The molecule has 1 heterocycles. The smallest absolute Gasteiger partial charge is 0.0757 e. The van der Waals surface area contributed by atoms with Crippen molar-refractivity contribution in [1.29, 1.82) is 0 Å².